The van der Waals surface area contributed by atoms with Gasteiger partial charge in [-0.3, -0.25) is 9.59 Å². The van der Waals surface area contributed by atoms with Gasteiger partial charge in [-0.2, -0.15) is 0 Å². The van der Waals surface area contributed by atoms with Crippen molar-refractivity contribution in [2.24, 2.45) is 0 Å². The summed E-state index contributed by atoms with van der Waals surface area (Å²) in [6.07, 6.45) is 2.06. The molecule has 7 nitrogen and oxygen atoms in total. The highest BCUT2D eigenvalue weighted by molar-refractivity contribution is 5.79. The molecule has 0 unspecified atom stereocenters. The average molecular weight is 424 g/mol. The summed E-state index contributed by atoms with van der Waals surface area (Å²) in [4.78, 5) is 34.1. The Labute approximate surface area is 181 Å². The third-order valence-electron chi connectivity index (χ3n) is 5.35. The van der Waals surface area contributed by atoms with Crippen molar-refractivity contribution >= 4 is 18.0 Å². The minimum Gasteiger partial charge on any atom is -0.481 e. The van der Waals surface area contributed by atoms with Crippen LogP contribution in [0.2, 0.25) is 0 Å². The second-order valence-corrected chi connectivity index (χ2v) is 7.56. The molecule has 0 heterocycles. The van der Waals surface area contributed by atoms with Crippen LogP contribution in [0.5, 0.6) is 0 Å². The quantitative estimate of drug-likeness (QED) is 0.477. The van der Waals surface area contributed by atoms with E-state index < -0.39 is 12.1 Å². The first-order valence-electron chi connectivity index (χ1n) is 10.6. The number of aliphatic carboxylic acids is 1. The molecule has 2 aromatic carbocycles. The van der Waals surface area contributed by atoms with E-state index in [4.69, 9.17) is 9.84 Å². The fraction of sp³-hybridized carbons (Fsp3) is 0.375. The fourth-order valence-electron chi connectivity index (χ4n) is 3.82. The molecule has 0 radical (unpaired) electrons. The Hall–Kier alpha value is -3.35. The second-order valence-electron chi connectivity index (χ2n) is 7.56. The zero-order valence-corrected chi connectivity index (χ0v) is 17.4. The number of nitrogens with one attached hydrogen (secondary N) is 2. The van der Waals surface area contributed by atoms with Gasteiger partial charge in [0.1, 0.15) is 6.61 Å². The van der Waals surface area contributed by atoms with Crippen LogP contribution in [0.1, 0.15) is 49.1 Å². The molecule has 0 saturated heterocycles. The highest BCUT2D eigenvalue weighted by atomic mass is 16.5. The molecule has 3 N–H and O–H groups in total. The number of hydrogen-bond donors (Lipinski definition) is 3. The lowest BCUT2D eigenvalue weighted by molar-refractivity contribution is -0.136. The smallest absolute Gasteiger partial charge is 0.407 e. The van der Waals surface area contributed by atoms with E-state index in [1.807, 2.05) is 24.3 Å². The van der Waals surface area contributed by atoms with Gasteiger partial charge in [0.25, 0.3) is 0 Å². The van der Waals surface area contributed by atoms with Crippen LogP contribution in [-0.2, 0) is 14.3 Å². The molecule has 31 heavy (non-hydrogen) atoms. The summed E-state index contributed by atoms with van der Waals surface area (Å²) < 4.78 is 5.49. The number of carboxylic acids is 1. The van der Waals surface area contributed by atoms with Gasteiger partial charge in [0, 0.05) is 25.4 Å². The Morgan fingerprint density at radius 1 is 0.806 bits per heavy atom. The lowest BCUT2D eigenvalue weighted by atomic mass is 9.98. The van der Waals surface area contributed by atoms with Crippen LogP contribution in [0.4, 0.5) is 4.79 Å². The molecule has 0 aliphatic heterocycles. The summed E-state index contributed by atoms with van der Waals surface area (Å²) in [6, 6.07) is 16.4. The highest BCUT2D eigenvalue weighted by Gasteiger charge is 2.28. The maximum Gasteiger partial charge on any atom is 0.407 e. The summed E-state index contributed by atoms with van der Waals surface area (Å²) in [5, 5.41) is 13.9. The lowest BCUT2D eigenvalue weighted by Gasteiger charge is -2.14. The fourth-order valence-corrected chi connectivity index (χ4v) is 3.82. The molecule has 0 aromatic heterocycles. The maximum atomic E-state index is 12.1. The standard InChI is InChI=1S/C24H28N2O5/c27-22(25-15-13-23(28)29)12-2-1-7-14-26-24(30)31-16-21-19-10-5-3-8-17(19)18-9-4-6-11-20(18)21/h3-6,8-11,21H,1-2,7,12-16H2,(H,25,27)(H,26,30)(H,28,29). The van der Waals surface area contributed by atoms with E-state index in [1.165, 1.54) is 22.3 Å². The van der Waals surface area contributed by atoms with Crippen molar-refractivity contribution in [3.63, 3.8) is 0 Å². The van der Waals surface area contributed by atoms with Crippen LogP contribution in [0, 0.1) is 0 Å². The first-order valence-corrected chi connectivity index (χ1v) is 10.6. The summed E-state index contributed by atoms with van der Waals surface area (Å²) in [5.41, 5.74) is 4.74. The van der Waals surface area contributed by atoms with Gasteiger partial charge in [-0.25, -0.2) is 4.79 Å². The van der Waals surface area contributed by atoms with Crippen molar-refractivity contribution in [3.8, 4) is 11.1 Å². The van der Waals surface area contributed by atoms with Crippen molar-refractivity contribution in [2.45, 2.75) is 38.0 Å². The van der Waals surface area contributed by atoms with Gasteiger partial charge >= 0.3 is 12.1 Å². The normalized spacial score (nSPS) is 12.0. The Bertz CT molecular complexity index is 882. The molecular formula is C24H28N2O5. The monoisotopic (exact) mass is 424 g/mol. The van der Waals surface area contributed by atoms with Crippen molar-refractivity contribution in [1.82, 2.24) is 10.6 Å². The summed E-state index contributed by atoms with van der Waals surface area (Å²) >= 11 is 0. The molecule has 2 aromatic rings. The van der Waals surface area contributed by atoms with Crippen molar-refractivity contribution in [1.29, 1.82) is 0 Å². The van der Waals surface area contributed by atoms with Crippen molar-refractivity contribution in [2.75, 3.05) is 19.7 Å². The summed E-state index contributed by atoms with van der Waals surface area (Å²) in [6.45, 7) is 0.922. The van der Waals surface area contributed by atoms with E-state index in [0.29, 0.717) is 19.4 Å². The number of carbonyl (C=O) groups is 3. The van der Waals surface area contributed by atoms with Crippen molar-refractivity contribution in [3.05, 3.63) is 59.7 Å². The Balaban J connectivity index is 1.33. The summed E-state index contributed by atoms with van der Waals surface area (Å²) in [7, 11) is 0. The van der Waals surface area contributed by atoms with Crippen LogP contribution in [0.3, 0.4) is 0 Å². The molecule has 1 aliphatic rings. The largest absolute Gasteiger partial charge is 0.481 e. The molecule has 0 atom stereocenters. The number of fused-ring (bicyclic) bond motifs is 3. The van der Waals surface area contributed by atoms with Crippen LogP contribution in [-0.4, -0.2) is 42.8 Å². The van der Waals surface area contributed by atoms with Gasteiger partial charge in [0.2, 0.25) is 5.91 Å². The van der Waals surface area contributed by atoms with E-state index in [-0.39, 0.29) is 31.4 Å². The van der Waals surface area contributed by atoms with E-state index in [2.05, 4.69) is 34.9 Å². The third kappa shape index (κ3) is 6.31. The number of rotatable bonds is 11. The first kappa shape index (κ1) is 22.3. The molecule has 0 fully saturated rings. The molecule has 0 bridgehead atoms. The van der Waals surface area contributed by atoms with Crippen LogP contribution < -0.4 is 10.6 Å². The molecular weight excluding hydrogens is 396 g/mol. The van der Waals surface area contributed by atoms with Gasteiger partial charge in [-0.1, -0.05) is 55.0 Å². The van der Waals surface area contributed by atoms with E-state index in [1.54, 1.807) is 0 Å². The van der Waals surface area contributed by atoms with Crippen LogP contribution in [0.15, 0.2) is 48.5 Å². The lowest BCUT2D eigenvalue weighted by Crippen LogP contribution is -2.27. The van der Waals surface area contributed by atoms with Gasteiger partial charge in [-0.05, 0) is 35.1 Å². The zero-order valence-electron chi connectivity index (χ0n) is 17.4. The molecule has 0 spiro atoms. The predicted octanol–water partition coefficient (Wildman–Crippen LogP) is 3.68. The zero-order chi connectivity index (χ0) is 22.1. The number of benzene rings is 2. The SMILES string of the molecule is O=C(O)CCNC(=O)CCCCCNC(=O)OCC1c2ccccc2-c2ccccc21. The van der Waals surface area contributed by atoms with Gasteiger partial charge in [0.15, 0.2) is 0 Å². The number of carboxylic acid groups (broad SMARTS) is 1. The molecule has 164 valence electrons. The number of hydrogen-bond acceptors (Lipinski definition) is 4. The number of carbonyl (C=O) groups excluding carboxylic acids is 2. The van der Waals surface area contributed by atoms with Crippen LogP contribution in [0.25, 0.3) is 11.1 Å². The van der Waals surface area contributed by atoms with E-state index in [9.17, 15) is 14.4 Å². The van der Waals surface area contributed by atoms with E-state index >= 15 is 0 Å². The van der Waals surface area contributed by atoms with E-state index in [0.717, 1.165) is 12.8 Å². The van der Waals surface area contributed by atoms with Gasteiger partial charge < -0.3 is 20.5 Å². The summed E-state index contributed by atoms with van der Waals surface area (Å²) in [5.74, 6) is -1.04. The number of alkyl carbamates (subject to hydrolysis) is 1. The van der Waals surface area contributed by atoms with Crippen LogP contribution >= 0.6 is 0 Å². The third-order valence-corrected chi connectivity index (χ3v) is 5.35. The highest BCUT2D eigenvalue weighted by Crippen LogP contribution is 2.44. The minimum atomic E-state index is -0.931. The van der Waals surface area contributed by atoms with Crippen molar-refractivity contribution < 1.29 is 24.2 Å². The Morgan fingerprint density at radius 2 is 1.45 bits per heavy atom. The molecule has 1 aliphatic carbocycles. The minimum absolute atomic E-state index is 0.0396. The average Bonchev–Trinajstić information content (AvgIpc) is 3.08. The number of unbranched alkanes of at least 4 members (excludes halogenated alkanes) is 2. The topological polar surface area (TPSA) is 105 Å². The number of amides is 2. The molecule has 7 heteroatoms. The number of ether oxygens (including phenoxy) is 1. The first-order chi connectivity index (χ1) is 15.1. The maximum absolute atomic E-state index is 12.1. The molecule has 2 amide bonds. The second kappa shape index (κ2) is 11.2. The Morgan fingerprint density at radius 3 is 2.10 bits per heavy atom. The van der Waals surface area contributed by atoms with Gasteiger partial charge in [0.05, 0.1) is 6.42 Å². The Kier molecular flexibility index (Phi) is 8.04. The molecule has 0 saturated carbocycles. The molecule has 3 rings (SSSR count). The predicted molar refractivity (Wildman–Crippen MR) is 117 cm³/mol. The van der Waals surface area contributed by atoms with Gasteiger partial charge in [-0.15, -0.1) is 0 Å².